The van der Waals surface area contributed by atoms with E-state index in [9.17, 15) is 9.59 Å². The van der Waals surface area contributed by atoms with Gasteiger partial charge in [0.25, 0.3) is 5.91 Å². The van der Waals surface area contributed by atoms with E-state index in [4.69, 9.17) is 9.15 Å². The first kappa shape index (κ1) is 20.9. The molecule has 7 nitrogen and oxygen atoms in total. The van der Waals surface area contributed by atoms with E-state index in [0.29, 0.717) is 23.7 Å². The lowest BCUT2D eigenvalue weighted by Gasteiger charge is -2.15. The van der Waals surface area contributed by atoms with Gasteiger partial charge in [0.15, 0.2) is 6.61 Å². The summed E-state index contributed by atoms with van der Waals surface area (Å²) in [5.41, 5.74) is 3.19. The Labute approximate surface area is 183 Å². The van der Waals surface area contributed by atoms with Gasteiger partial charge in [-0.15, -0.1) is 11.3 Å². The lowest BCUT2D eigenvalue weighted by molar-refractivity contribution is -0.133. The Hall–Kier alpha value is -3.39. The molecule has 0 bridgehead atoms. The average Bonchev–Trinajstić information content (AvgIpc) is 3.47. The molecule has 0 aliphatic rings. The number of benzene rings is 1. The molecule has 1 aromatic carbocycles. The Morgan fingerprint density at radius 1 is 1.19 bits per heavy atom. The standard InChI is InChI=1S/C23H23N3O4S/c1-15-6-8-17(9-7-15)12-26-22-19(16(2)24-26)11-20(31-22)23(28)30-14-21(27)25(3)13-18-5-4-10-29-18/h4-11H,12-14H2,1-3H3. The van der Waals surface area contributed by atoms with E-state index in [-0.39, 0.29) is 12.5 Å². The lowest BCUT2D eigenvalue weighted by atomic mass is 10.1. The van der Waals surface area contributed by atoms with Crippen LogP contribution in [0.4, 0.5) is 0 Å². The molecule has 4 rings (SSSR count). The molecule has 0 aliphatic heterocycles. The second-order valence-corrected chi connectivity index (χ2v) is 8.49. The maximum absolute atomic E-state index is 12.5. The van der Waals surface area contributed by atoms with E-state index in [1.54, 1.807) is 31.5 Å². The van der Waals surface area contributed by atoms with Gasteiger partial charge in [-0.2, -0.15) is 5.10 Å². The largest absolute Gasteiger partial charge is 0.467 e. The van der Waals surface area contributed by atoms with Gasteiger partial charge in [0.2, 0.25) is 0 Å². The summed E-state index contributed by atoms with van der Waals surface area (Å²) in [7, 11) is 1.64. The summed E-state index contributed by atoms with van der Waals surface area (Å²) >= 11 is 1.33. The maximum Gasteiger partial charge on any atom is 0.348 e. The van der Waals surface area contributed by atoms with Crippen molar-refractivity contribution in [2.45, 2.75) is 26.9 Å². The molecule has 0 saturated heterocycles. The first-order chi connectivity index (χ1) is 14.9. The number of rotatable bonds is 7. The zero-order chi connectivity index (χ0) is 22.0. The fourth-order valence-electron chi connectivity index (χ4n) is 3.22. The zero-order valence-electron chi connectivity index (χ0n) is 17.6. The molecule has 1 amide bonds. The predicted octanol–water partition coefficient (Wildman–Crippen LogP) is 4.17. The minimum absolute atomic E-state index is 0.299. The van der Waals surface area contributed by atoms with Crippen molar-refractivity contribution >= 4 is 33.4 Å². The lowest BCUT2D eigenvalue weighted by Crippen LogP contribution is -2.30. The smallest absolute Gasteiger partial charge is 0.348 e. The van der Waals surface area contributed by atoms with Crippen LogP contribution in [-0.2, 0) is 22.6 Å². The number of carbonyl (C=O) groups is 2. The highest BCUT2D eigenvalue weighted by Gasteiger charge is 2.19. The summed E-state index contributed by atoms with van der Waals surface area (Å²) in [4.78, 5) is 27.6. The molecule has 0 aliphatic carbocycles. The minimum Gasteiger partial charge on any atom is -0.467 e. The fourth-order valence-corrected chi connectivity index (χ4v) is 4.27. The molecule has 160 valence electrons. The quantitative estimate of drug-likeness (QED) is 0.406. The van der Waals surface area contributed by atoms with Crippen molar-refractivity contribution in [2.75, 3.05) is 13.7 Å². The van der Waals surface area contributed by atoms with Crippen LogP contribution in [0.2, 0.25) is 0 Å². The first-order valence-corrected chi connectivity index (χ1v) is 10.7. The Kier molecular flexibility index (Phi) is 5.90. The second kappa shape index (κ2) is 8.77. The molecule has 3 aromatic heterocycles. The highest BCUT2D eigenvalue weighted by atomic mass is 32.1. The van der Waals surface area contributed by atoms with Gasteiger partial charge >= 0.3 is 5.97 Å². The van der Waals surface area contributed by atoms with Gasteiger partial charge < -0.3 is 14.1 Å². The molecule has 0 spiro atoms. The van der Waals surface area contributed by atoms with Crippen molar-refractivity contribution in [1.82, 2.24) is 14.7 Å². The third-order valence-electron chi connectivity index (χ3n) is 4.99. The minimum atomic E-state index is -0.512. The molecule has 0 fully saturated rings. The molecule has 0 radical (unpaired) electrons. The number of furan rings is 1. The van der Waals surface area contributed by atoms with Crippen LogP contribution in [0.3, 0.4) is 0 Å². The third kappa shape index (κ3) is 4.69. The normalized spacial score (nSPS) is 11.1. The average molecular weight is 438 g/mol. The van der Waals surface area contributed by atoms with Crippen molar-refractivity contribution in [2.24, 2.45) is 0 Å². The number of ether oxygens (including phenoxy) is 1. The number of likely N-dealkylation sites (N-methyl/N-ethyl adjacent to an activating group) is 1. The van der Waals surface area contributed by atoms with Crippen LogP contribution in [0.5, 0.6) is 0 Å². The van der Waals surface area contributed by atoms with Crippen molar-refractivity contribution < 1.29 is 18.7 Å². The van der Waals surface area contributed by atoms with Gasteiger partial charge in [-0.25, -0.2) is 4.79 Å². The predicted molar refractivity (Wildman–Crippen MR) is 118 cm³/mol. The molecule has 0 unspecified atom stereocenters. The SMILES string of the molecule is Cc1ccc(Cn2nc(C)c3cc(C(=O)OCC(=O)N(C)Cc4ccco4)sc32)cc1. The van der Waals surface area contributed by atoms with E-state index in [1.807, 2.05) is 11.6 Å². The number of thiophene rings is 1. The van der Waals surface area contributed by atoms with E-state index in [2.05, 4.69) is 36.3 Å². The maximum atomic E-state index is 12.5. The number of fused-ring (bicyclic) bond motifs is 1. The van der Waals surface area contributed by atoms with Gasteiger partial charge in [0.1, 0.15) is 15.5 Å². The van der Waals surface area contributed by atoms with Crippen LogP contribution in [0.15, 0.2) is 53.1 Å². The summed E-state index contributed by atoms with van der Waals surface area (Å²) in [5, 5.41) is 5.53. The van der Waals surface area contributed by atoms with Crippen LogP contribution in [-0.4, -0.2) is 40.2 Å². The number of aryl methyl sites for hydroxylation is 2. The van der Waals surface area contributed by atoms with Crippen molar-refractivity contribution in [3.8, 4) is 0 Å². The Balaban J connectivity index is 1.42. The highest BCUT2D eigenvalue weighted by molar-refractivity contribution is 7.20. The van der Waals surface area contributed by atoms with Gasteiger partial charge in [-0.3, -0.25) is 9.48 Å². The Morgan fingerprint density at radius 3 is 2.68 bits per heavy atom. The third-order valence-corrected chi connectivity index (χ3v) is 6.12. The molecule has 4 aromatic rings. The van der Waals surface area contributed by atoms with E-state index >= 15 is 0 Å². The van der Waals surface area contributed by atoms with Crippen LogP contribution in [0.1, 0.15) is 32.3 Å². The van der Waals surface area contributed by atoms with Crippen LogP contribution >= 0.6 is 11.3 Å². The van der Waals surface area contributed by atoms with E-state index < -0.39 is 5.97 Å². The summed E-state index contributed by atoms with van der Waals surface area (Å²) < 4.78 is 12.4. The van der Waals surface area contributed by atoms with Gasteiger partial charge in [-0.1, -0.05) is 29.8 Å². The number of hydrogen-bond donors (Lipinski definition) is 0. The van der Waals surface area contributed by atoms with Crippen molar-refractivity contribution in [3.63, 3.8) is 0 Å². The molecule has 0 atom stereocenters. The number of carbonyl (C=O) groups excluding carboxylic acids is 2. The van der Waals surface area contributed by atoms with E-state index in [0.717, 1.165) is 21.5 Å². The summed E-state index contributed by atoms with van der Waals surface area (Å²) in [5.74, 6) is -0.143. The summed E-state index contributed by atoms with van der Waals surface area (Å²) in [6.07, 6.45) is 1.55. The van der Waals surface area contributed by atoms with Crippen molar-refractivity contribution in [1.29, 1.82) is 0 Å². The van der Waals surface area contributed by atoms with Crippen LogP contribution < -0.4 is 0 Å². The number of aromatic nitrogens is 2. The molecule has 3 heterocycles. The number of amides is 1. The van der Waals surface area contributed by atoms with Gasteiger partial charge in [-0.05, 0) is 37.6 Å². The zero-order valence-corrected chi connectivity index (χ0v) is 18.4. The van der Waals surface area contributed by atoms with Crippen LogP contribution in [0, 0.1) is 13.8 Å². The van der Waals surface area contributed by atoms with E-state index in [1.165, 1.54) is 21.8 Å². The highest BCUT2D eigenvalue weighted by Crippen LogP contribution is 2.29. The Bertz CT molecular complexity index is 1210. The molecule has 0 saturated carbocycles. The summed E-state index contributed by atoms with van der Waals surface area (Å²) in [6, 6.07) is 13.6. The number of hydrogen-bond acceptors (Lipinski definition) is 6. The number of nitrogens with zero attached hydrogens (tertiary/aromatic N) is 3. The molecule has 31 heavy (non-hydrogen) atoms. The fraction of sp³-hybridized carbons (Fsp3) is 0.261. The Morgan fingerprint density at radius 2 is 1.97 bits per heavy atom. The van der Waals surface area contributed by atoms with Crippen LogP contribution in [0.25, 0.3) is 10.2 Å². The molecule has 0 N–H and O–H groups in total. The summed E-state index contributed by atoms with van der Waals surface area (Å²) in [6.45, 7) is 4.59. The van der Waals surface area contributed by atoms with Gasteiger partial charge in [0.05, 0.1) is 25.0 Å². The second-order valence-electron chi connectivity index (χ2n) is 7.46. The number of esters is 1. The molecular weight excluding hydrogens is 414 g/mol. The molecule has 8 heteroatoms. The topological polar surface area (TPSA) is 77.6 Å². The first-order valence-electron chi connectivity index (χ1n) is 9.86. The van der Waals surface area contributed by atoms with Gasteiger partial charge in [0, 0.05) is 12.4 Å². The van der Waals surface area contributed by atoms with Crippen molar-refractivity contribution in [3.05, 3.63) is 76.2 Å². The molecular formula is C23H23N3O4S. The monoisotopic (exact) mass is 437 g/mol.